The minimum atomic E-state index is -0.605. The summed E-state index contributed by atoms with van der Waals surface area (Å²) in [6.07, 6.45) is 3.09. The Bertz CT molecular complexity index is 1200. The normalized spacial score (nSPS) is 13.3. The number of nitrogens with zero attached hydrogens (tertiary/aromatic N) is 1. The van der Waals surface area contributed by atoms with Crippen LogP contribution >= 0.6 is 0 Å². The molecule has 34 heavy (non-hydrogen) atoms. The second-order valence-electron chi connectivity index (χ2n) is 8.49. The van der Waals surface area contributed by atoms with Gasteiger partial charge in [0.05, 0.1) is 0 Å². The molecule has 0 radical (unpaired) electrons. The molecule has 0 spiro atoms. The van der Waals surface area contributed by atoms with Crippen molar-refractivity contribution in [2.75, 3.05) is 18.4 Å². The first-order valence-electron chi connectivity index (χ1n) is 11.3. The second kappa shape index (κ2) is 10.3. The van der Waals surface area contributed by atoms with Crippen molar-refractivity contribution in [3.63, 3.8) is 0 Å². The van der Waals surface area contributed by atoms with Crippen LogP contribution in [0.25, 0.3) is 11.1 Å². The molecule has 3 amide bonds. The lowest BCUT2D eigenvalue weighted by Crippen LogP contribution is -2.35. The van der Waals surface area contributed by atoms with Gasteiger partial charge >= 0.3 is 0 Å². The summed E-state index contributed by atoms with van der Waals surface area (Å²) >= 11 is 0. The van der Waals surface area contributed by atoms with Gasteiger partial charge in [-0.15, -0.1) is 0 Å². The number of aryl methyl sites for hydroxylation is 1. The number of piperidine rings is 1. The van der Waals surface area contributed by atoms with E-state index in [0.717, 1.165) is 49.0 Å². The number of hydroxylamine groups is 1. The Balaban J connectivity index is 1.68. The predicted molar refractivity (Wildman–Crippen MR) is 130 cm³/mol. The van der Waals surface area contributed by atoms with Crippen LogP contribution < -0.4 is 10.8 Å². The topological polar surface area (TPSA) is 98.7 Å². The van der Waals surface area contributed by atoms with Crippen LogP contribution in [-0.4, -0.2) is 40.9 Å². The highest BCUT2D eigenvalue weighted by atomic mass is 16.5. The molecule has 0 saturated carbocycles. The number of hydrogen-bond donors (Lipinski definition) is 3. The van der Waals surface area contributed by atoms with Crippen LogP contribution in [0.3, 0.4) is 0 Å². The molecule has 7 heteroatoms. The van der Waals surface area contributed by atoms with Crippen molar-refractivity contribution in [1.29, 1.82) is 0 Å². The second-order valence-corrected chi connectivity index (χ2v) is 8.49. The number of nitrogens with one attached hydrogen (secondary N) is 2. The SMILES string of the molecule is Cc1ccc(C(=O)Nc2cc(C(=O)N3CCCCC3)cc(-c3ccc(C(=O)NO)cc3)c2)cc1. The maximum atomic E-state index is 13.2. The van der Waals surface area contributed by atoms with Crippen molar-refractivity contribution in [2.24, 2.45) is 0 Å². The molecule has 1 aliphatic heterocycles. The lowest BCUT2D eigenvalue weighted by atomic mass is 9.99. The summed E-state index contributed by atoms with van der Waals surface area (Å²) < 4.78 is 0. The maximum Gasteiger partial charge on any atom is 0.274 e. The Morgan fingerprint density at radius 3 is 2.00 bits per heavy atom. The van der Waals surface area contributed by atoms with Crippen molar-refractivity contribution in [3.05, 3.63) is 89.0 Å². The van der Waals surface area contributed by atoms with Gasteiger partial charge in [-0.3, -0.25) is 19.6 Å². The van der Waals surface area contributed by atoms with Gasteiger partial charge in [0.25, 0.3) is 17.7 Å². The Morgan fingerprint density at radius 2 is 1.35 bits per heavy atom. The third-order valence-corrected chi connectivity index (χ3v) is 5.98. The number of carbonyl (C=O) groups is 3. The molecule has 174 valence electrons. The minimum Gasteiger partial charge on any atom is -0.339 e. The molecule has 1 saturated heterocycles. The quantitative estimate of drug-likeness (QED) is 0.383. The van der Waals surface area contributed by atoms with E-state index < -0.39 is 5.91 Å². The number of anilines is 1. The first kappa shape index (κ1) is 23.2. The Hall–Kier alpha value is -3.97. The molecule has 0 aromatic heterocycles. The first-order chi connectivity index (χ1) is 16.4. The Morgan fingerprint density at radius 1 is 0.735 bits per heavy atom. The molecule has 1 aliphatic rings. The molecular weight excluding hydrogens is 430 g/mol. The zero-order valence-electron chi connectivity index (χ0n) is 19.0. The van der Waals surface area contributed by atoms with Gasteiger partial charge in [-0.1, -0.05) is 29.8 Å². The molecule has 1 heterocycles. The maximum absolute atomic E-state index is 13.2. The van der Waals surface area contributed by atoms with Crippen molar-refractivity contribution in [1.82, 2.24) is 10.4 Å². The molecule has 7 nitrogen and oxygen atoms in total. The van der Waals surface area contributed by atoms with Crippen LogP contribution in [0.15, 0.2) is 66.7 Å². The number of likely N-dealkylation sites (tertiary alicyclic amines) is 1. The van der Waals surface area contributed by atoms with Crippen molar-refractivity contribution in [2.45, 2.75) is 26.2 Å². The summed E-state index contributed by atoms with van der Waals surface area (Å²) in [7, 11) is 0. The zero-order chi connectivity index (χ0) is 24.1. The third kappa shape index (κ3) is 5.32. The molecule has 1 fully saturated rings. The van der Waals surface area contributed by atoms with Gasteiger partial charge in [-0.25, -0.2) is 5.48 Å². The fraction of sp³-hybridized carbons (Fsp3) is 0.222. The lowest BCUT2D eigenvalue weighted by Gasteiger charge is -2.27. The van der Waals surface area contributed by atoms with Crippen molar-refractivity contribution >= 4 is 23.4 Å². The van der Waals surface area contributed by atoms with E-state index in [-0.39, 0.29) is 11.8 Å². The molecule has 0 aliphatic carbocycles. The summed E-state index contributed by atoms with van der Waals surface area (Å²) in [5, 5.41) is 11.8. The molecule has 0 unspecified atom stereocenters. The summed E-state index contributed by atoms with van der Waals surface area (Å²) in [5.74, 6) is -0.932. The number of carbonyl (C=O) groups excluding carboxylic acids is 3. The molecule has 0 bridgehead atoms. The molecule has 3 aromatic rings. The fourth-order valence-electron chi connectivity index (χ4n) is 4.06. The van der Waals surface area contributed by atoms with Gasteiger partial charge in [0.2, 0.25) is 0 Å². The van der Waals surface area contributed by atoms with E-state index in [2.05, 4.69) is 5.32 Å². The highest BCUT2D eigenvalue weighted by Crippen LogP contribution is 2.27. The molecule has 4 rings (SSSR count). The predicted octanol–water partition coefficient (Wildman–Crippen LogP) is 4.66. The summed E-state index contributed by atoms with van der Waals surface area (Å²) in [4.78, 5) is 39.6. The van der Waals surface area contributed by atoms with E-state index in [9.17, 15) is 14.4 Å². The van der Waals surface area contributed by atoms with Crippen LogP contribution in [0, 0.1) is 6.92 Å². The molecule has 3 N–H and O–H groups in total. The van der Waals surface area contributed by atoms with E-state index in [0.29, 0.717) is 22.4 Å². The number of benzene rings is 3. The largest absolute Gasteiger partial charge is 0.339 e. The minimum absolute atomic E-state index is 0.0661. The van der Waals surface area contributed by atoms with Gasteiger partial charge in [0.15, 0.2) is 0 Å². The lowest BCUT2D eigenvalue weighted by molar-refractivity contribution is 0.0705. The van der Waals surface area contributed by atoms with Crippen LogP contribution in [0.2, 0.25) is 0 Å². The van der Waals surface area contributed by atoms with Gasteiger partial charge < -0.3 is 10.2 Å². The van der Waals surface area contributed by atoms with E-state index in [1.165, 1.54) is 0 Å². The summed E-state index contributed by atoms with van der Waals surface area (Å²) in [5.41, 5.74) is 6.02. The average Bonchev–Trinajstić information content (AvgIpc) is 2.88. The van der Waals surface area contributed by atoms with Crippen LogP contribution in [-0.2, 0) is 0 Å². The first-order valence-corrected chi connectivity index (χ1v) is 11.3. The standard InChI is InChI=1S/C27H27N3O4/c1-18-5-7-20(8-6-18)25(31)28-24-16-22(19-9-11-21(12-10-19)26(32)29-34)15-23(17-24)27(33)30-13-3-2-4-14-30/h5-12,15-17,34H,2-4,13-14H2,1H3,(H,28,31)(H,29,32). The highest BCUT2D eigenvalue weighted by molar-refractivity contribution is 6.06. The molecular formula is C27H27N3O4. The summed E-state index contributed by atoms with van der Waals surface area (Å²) in [6.45, 7) is 3.40. The fourth-order valence-corrected chi connectivity index (χ4v) is 4.06. The van der Waals surface area contributed by atoms with Gasteiger partial charge in [-0.2, -0.15) is 0 Å². The van der Waals surface area contributed by atoms with Crippen LogP contribution in [0.5, 0.6) is 0 Å². The van der Waals surface area contributed by atoms with E-state index >= 15 is 0 Å². The highest BCUT2D eigenvalue weighted by Gasteiger charge is 2.20. The smallest absolute Gasteiger partial charge is 0.274 e. The van der Waals surface area contributed by atoms with Gasteiger partial charge in [0.1, 0.15) is 0 Å². The van der Waals surface area contributed by atoms with Crippen LogP contribution in [0.4, 0.5) is 5.69 Å². The van der Waals surface area contributed by atoms with E-state index in [1.807, 2.05) is 24.0 Å². The molecule has 0 atom stereocenters. The van der Waals surface area contributed by atoms with Gasteiger partial charge in [-0.05, 0) is 79.8 Å². The van der Waals surface area contributed by atoms with E-state index in [4.69, 9.17) is 5.21 Å². The zero-order valence-corrected chi connectivity index (χ0v) is 19.0. The van der Waals surface area contributed by atoms with Crippen molar-refractivity contribution < 1.29 is 19.6 Å². The Kier molecular flexibility index (Phi) is 7.04. The van der Waals surface area contributed by atoms with Crippen LogP contribution in [0.1, 0.15) is 55.9 Å². The average molecular weight is 458 g/mol. The molecule has 3 aromatic carbocycles. The van der Waals surface area contributed by atoms with E-state index in [1.54, 1.807) is 60.1 Å². The number of hydrogen-bond acceptors (Lipinski definition) is 4. The monoisotopic (exact) mass is 457 g/mol. The van der Waals surface area contributed by atoms with Gasteiger partial charge in [0, 0.05) is 35.5 Å². The number of rotatable bonds is 5. The Labute approximate surface area is 198 Å². The third-order valence-electron chi connectivity index (χ3n) is 5.98. The number of amides is 3. The summed E-state index contributed by atoms with van der Waals surface area (Å²) in [6, 6.07) is 19.2. The van der Waals surface area contributed by atoms with Crippen molar-refractivity contribution in [3.8, 4) is 11.1 Å².